The van der Waals surface area contributed by atoms with Crippen molar-refractivity contribution in [1.82, 2.24) is 4.98 Å². The first kappa shape index (κ1) is 11.4. The lowest BCUT2D eigenvalue weighted by atomic mass is 10.0. The zero-order valence-electron chi connectivity index (χ0n) is 9.08. The predicted octanol–water partition coefficient (Wildman–Crippen LogP) is 2.90. The fraction of sp³-hybridized carbons (Fsp3) is 0.0769. The van der Waals surface area contributed by atoms with Crippen LogP contribution in [0, 0.1) is 18.6 Å². The molecule has 0 amide bonds. The number of aromatic nitrogens is 1. The molecule has 0 unspecified atom stereocenters. The van der Waals surface area contributed by atoms with Gasteiger partial charge in [0.2, 0.25) is 0 Å². The van der Waals surface area contributed by atoms with Crippen LogP contribution < -0.4 is 0 Å². The molecule has 0 aliphatic carbocycles. The third kappa shape index (κ3) is 2.20. The van der Waals surface area contributed by atoms with E-state index < -0.39 is 11.6 Å². The van der Waals surface area contributed by atoms with Crippen LogP contribution in [0.3, 0.4) is 0 Å². The van der Waals surface area contributed by atoms with Crippen LogP contribution in [-0.2, 0) is 0 Å². The van der Waals surface area contributed by atoms with Crippen LogP contribution in [0.25, 0.3) is 0 Å². The SMILES string of the molecule is Cc1ccncc1C(=O)c1ccc(F)c(F)c1. The summed E-state index contributed by atoms with van der Waals surface area (Å²) in [6.07, 6.45) is 2.98. The minimum Gasteiger partial charge on any atom is -0.289 e. The highest BCUT2D eigenvalue weighted by Gasteiger charge is 2.13. The Kier molecular flexibility index (Phi) is 2.95. The van der Waals surface area contributed by atoms with Gasteiger partial charge >= 0.3 is 0 Å². The van der Waals surface area contributed by atoms with Gasteiger partial charge in [0.15, 0.2) is 17.4 Å². The van der Waals surface area contributed by atoms with Crippen LogP contribution in [0.2, 0.25) is 0 Å². The Labute approximate surface area is 96.9 Å². The van der Waals surface area contributed by atoms with Crippen molar-refractivity contribution in [3.05, 3.63) is 65.0 Å². The second kappa shape index (κ2) is 4.41. The van der Waals surface area contributed by atoms with Gasteiger partial charge < -0.3 is 0 Å². The Morgan fingerprint density at radius 2 is 1.94 bits per heavy atom. The summed E-state index contributed by atoms with van der Waals surface area (Å²) in [5.74, 6) is -2.36. The van der Waals surface area contributed by atoms with Crippen LogP contribution in [0.1, 0.15) is 21.5 Å². The molecule has 0 bridgehead atoms. The molecule has 17 heavy (non-hydrogen) atoms. The van der Waals surface area contributed by atoms with Gasteiger partial charge in [0.05, 0.1) is 0 Å². The number of halogens is 2. The topological polar surface area (TPSA) is 30.0 Å². The third-order valence-electron chi connectivity index (χ3n) is 2.47. The Morgan fingerprint density at radius 1 is 1.18 bits per heavy atom. The Balaban J connectivity index is 2.44. The number of nitrogens with zero attached hydrogens (tertiary/aromatic N) is 1. The van der Waals surface area contributed by atoms with E-state index in [1.54, 1.807) is 19.2 Å². The average Bonchev–Trinajstić information content (AvgIpc) is 2.32. The molecule has 1 heterocycles. The van der Waals surface area contributed by atoms with Crippen LogP contribution >= 0.6 is 0 Å². The number of carbonyl (C=O) groups excluding carboxylic acids is 1. The lowest BCUT2D eigenvalue weighted by molar-refractivity contribution is 0.103. The minimum absolute atomic E-state index is 0.111. The number of hydrogen-bond donors (Lipinski definition) is 0. The molecule has 2 aromatic rings. The normalized spacial score (nSPS) is 10.3. The minimum atomic E-state index is -1.03. The van der Waals surface area contributed by atoms with E-state index in [2.05, 4.69) is 4.98 Å². The molecule has 0 atom stereocenters. The van der Waals surface area contributed by atoms with Gasteiger partial charge in [-0.05, 0) is 36.8 Å². The summed E-state index contributed by atoms with van der Waals surface area (Å²) in [5.41, 5.74) is 1.24. The highest BCUT2D eigenvalue weighted by molar-refractivity contribution is 6.09. The maximum Gasteiger partial charge on any atom is 0.194 e. The maximum absolute atomic E-state index is 13.0. The van der Waals surface area contributed by atoms with E-state index in [9.17, 15) is 13.6 Å². The Hall–Kier alpha value is -2.10. The quantitative estimate of drug-likeness (QED) is 0.746. The molecule has 0 radical (unpaired) electrons. The Morgan fingerprint density at radius 3 is 2.59 bits per heavy atom. The number of hydrogen-bond acceptors (Lipinski definition) is 2. The second-order valence-electron chi connectivity index (χ2n) is 3.65. The largest absolute Gasteiger partial charge is 0.289 e. The van der Waals surface area contributed by atoms with Crippen molar-refractivity contribution in [2.24, 2.45) is 0 Å². The lowest BCUT2D eigenvalue weighted by Gasteiger charge is -2.04. The number of ketones is 1. The molecular formula is C13H9F2NO. The maximum atomic E-state index is 13.0. The fourth-order valence-electron chi connectivity index (χ4n) is 1.49. The molecule has 1 aromatic heterocycles. The van der Waals surface area contributed by atoms with E-state index in [1.807, 2.05) is 0 Å². The molecule has 0 aliphatic heterocycles. The van der Waals surface area contributed by atoms with E-state index >= 15 is 0 Å². The first-order valence-corrected chi connectivity index (χ1v) is 5.00. The van der Waals surface area contributed by atoms with E-state index in [0.717, 1.165) is 17.7 Å². The smallest absolute Gasteiger partial charge is 0.194 e. The molecule has 1 aromatic carbocycles. The molecule has 86 valence electrons. The van der Waals surface area contributed by atoms with Crippen molar-refractivity contribution in [2.75, 3.05) is 0 Å². The fourth-order valence-corrected chi connectivity index (χ4v) is 1.49. The van der Waals surface area contributed by atoms with Crippen LogP contribution in [0.4, 0.5) is 8.78 Å². The highest BCUT2D eigenvalue weighted by atomic mass is 19.2. The number of benzene rings is 1. The summed E-state index contributed by atoms with van der Waals surface area (Å²) in [6.45, 7) is 1.76. The van der Waals surface area contributed by atoms with Crippen LogP contribution in [0.15, 0.2) is 36.7 Å². The summed E-state index contributed by atoms with van der Waals surface area (Å²) in [7, 11) is 0. The van der Waals surface area contributed by atoms with E-state index in [1.165, 1.54) is 12.3 Å². The van der Waals surface area contributed by atoms with Gasteiger partial charge in [-0.15, -0.1) is 0 Å². The molecular weight excluding hydrogens is 224 g/mol. The van der Waals surface area contributed by atoms with Crippen molar-refractivity contribution >= 4 is 5.78 Å². The van der Waals surface area contributed by atoms with Crippen molar-refractivity contribution in [3.63, 3.8) is 0 Å². The second-order valence-corrected chi connectivity index (χ2v) is 3.65. The summed E-state index contributed by atoms with van der Waals surface area (Å²) in [5, 5.41) is 0. The van der Waals surface area contributed by atoms with Crippen molar-refractivity contribution < 1.29 is 13.6 Å². The zero-order chi connectivity index (χ0) is 12.4. The van der Waals surface area contributed by atoms with Crippen molar-refractivity contribution in [1.29, 1.82) is 0 Å². The standard InChI is InChI=1S/C13H9F2NO/c1-8-4-5-16-7-10(8)13(17)9-2-3-11(14)12(15)6-9/h2-7H,1H3. The van der Waals surface area contributed by atoms with Gasteiger partial charge in [-0.25, -0.2) is 8.78 Å². The monoisotopic (exact) mass is 233 g/mol. The Bertz CT molecular complexity index is 581. The van der Waals surface area contributed by atoms with E-state index in [4.69, 9.17) is 0 Å². The number of aryl methyl sites for hydroxylation is 1. The summed E-state index contributed by atoms with van der Waals surface area (Å²) in [6, 6.07) is 4.78. The van der Waals surface area contributed by atoms with Crippen molar-refractivity contribution in [3.8, 4) is 0 Å². The molecule has 0 saturated carbocycles. The molecule has 0 saturated heterocycles. The van der Waals surface area contributed by atoms with Gasteiger partial charge in [0.25, 0.3) is 0 Å². The molecule has 2 rings (SSSR count). The number of rotatable bonds is 2. The van der Waals surface area contributed by atoms with Crippen molar-refractivity contribution in [2.45, 2.75) is 6.92 Å². The summed E-state index contributed by atoms with van der Waals surface area (Å²) < 4.78 is 25.8. The van der Waals surface area contributed by atoms with E-state index in [-0.39, 0.29) is 11.3 Å². The van der Waals surface area contributed by atoms with Crippen LogP contribution in [-0.4, -0.2) is 10.8 Å². The average molecular weight is 233 g/mol. The molecule has 0 spiro atoms. The highest BCUT2D eigenvalue weighted by Crippen LogP contribution is 2.15. The molecule has 0 aliphatic rings. The molecule has 0 N–H and O–H groups in total. The van der Waals surface area contributed by atoms with Gasteiger partial charge in [-0.1, -0.05) is 0 Å². The first-order chi connectivity index (χ1) is 8.09. The predicted molar refractivity (Wildman–Crippen MR) is 58.8 cm³/mol. The molecule has 2 nitrogen and oxygen atoms in total. The summed E-state index contributed by atoms with van der Waals surface area (Å²) >= 11 is 0. The lowest BCUT2D eigenvalue weighted by Crippen LogP contribution is -2.05. The third-order valence-corrected chi connectivity index (χ3v) is 2.47. The first-order valence-electron chi connectivity index (χ1n) is 5.00. The van der Waals surface area contributed by atoms with Gasteiger partial charge in [0, 0.05) is 23.5 Å². The van der Waals surface area contributed by atoms with Gasteiger partial charge in [-0.3, -0.25) is 9.78 Å². The molecule has 4 heteroatoms. The van der Waals surface area contributed by atoms with Crippen LogP contribution in [0.5, 0.6) is 0 Å². The number of carbonyl (C=O) groups is 1. The summed E-state index contributed by atoms with van der Waals surface area (Å²) in [4.78, 5) is 15.8. The van der Waals surface area contributed by atoms with E-state index in [0.29, 0.717) is 5.56 Å². The van der Waals surface area contributed by atoms with Gasteiger partial charge in [-0.2, -0.15) is 0 Å². The zero-order valence-corrected chi connectivity index (χ0v) is 9.08. The van der Waals surface area contributed by atoms with Gasteiger partial charge in [0.1, 0.15) is 0 Å². The number of pyridine rings is 1. The molecule has 0 fully saturated rings.